The van der Waals surface area contributed by atoms with Gasteiger partial charge in [-0.05, 0) is 52.9 Å². The Morgan fingerprint density at radius 3 is 2.22 bits per heavy atom. The Balaban J connectivity index is 1.95. The van der Waals surface area contributed by atoms with E-state index in [1.54, 1.807) is 0 Å². The molecule has 2 aliphatic carbocycles. The number of amides is 1. The molecule has 0 aromatic rings. The summed E-state index contributed by atoms with van der Waals surface area (Å²) in [7, 11) is 0. The van der Waals surface area contributed by atoms with Gasteiger partial charge in [-0.2, -0.15) is 0 Å². The summed E-state index contributed by atoms with van der Waals surface area (Å²) in [6, 6.07) is 0. The number of ether oxygens (including phenoxy) is 1. The predicted molar refractivity (Wildman–Crippen MR) is 71.3 cm³/mol. The van der Waals surface area contributed by atoms with Crippen molar-refractivity contribution in [3.8, 4) is 0 Å². The van der Waals surface area contributed by atoms with E-state index < -0.39 is 5.60 Å². The van der Waals surface area contributed by atoms with Gasteiger partial charge in [0.05, 0.1) is 0 Å². The molecule has 0 bridgehead atoms. The van der Waals surface area contributed by atoms with Gasteiger partial charge >= 0.3 is 6.09 Å². The molecule has 0 aromatic heterocycles. The zero-order chi connectivity index (χ0) is 13.4. The van der Waals surface area contributed by atoms with E-state index in [0.29, 0.717) is 0 Å². The molecule has 0 radical (unpaired) electrons. The minimum atomic E-state index is -0.441. The fraction of sp³-hybridized carbons (Fsp3) is 0.929. The van der Waals surface area contributed by atoms with Gasteiger partial charge in [-0.25, -0.2) is 4.79 Å². The third kappa shape index (κ3) is 3.61. The van der Waals surface area contributed by atoms with Crippen molar-refractivity contribution in [2.75, 3.05) is 0 Å². The van der Waals surface area contributed by atoms with Gasteiger partial charge in [0.2, 0.25) is 0 Å². The molecule has 18 heavy (non-hydrogen) atoms. The van der Waals surface area contributed by atoms with Gasteiger partial charge in [-0.3, -0.25) is 0 Å². The van der Waals surface area contributed by atoms with Crippen LogP contribution in [0.4, 0.5) is 4.79 Å². The molecule has 2 aliphatic rings. The number of carbonyl (C=O) groups is 1. The molecule has 2 fully saturated rings. The Morgan fingerprint density at radius 1 is 1.22 bits per heavy atom. The van der Waals surface area contributed by atoms with Crippen LogP contribution >= 0.6 is 0 Å². The lowest BCUT2D eigenvalue weighted by Crippen LogP contribution is -2.51. The average molecular weight is 254 g/mol. The van der Waals surface area contributed by atoms with Crippen LogP contribution < -0.4 is 11.1 Å². The van der Waals surface area contributed by atoms with Crippen LogP contribution in [0.3, 0.4) is 0 Å². The topological polar surface area (TPSA) is 64.3 Å². The first-order valence-electron chi connectivity index (χ1n) is 7.02. The molecule has 0 aromatic carbocycles. The minimum Gasteiger partial charge on any atom is -0.444 e. The van der Waals surface area contributed by atoms with Crippen LogP contribution in [0.5, 0.6) is 0 Å². The molecule has 0 unspecified atom stereocenters. The number of hydrogen-bond donors (Lipinski definition) is 2. The Hall–Kier alpha value is -0.770. The van der Waals surface area contributed by atoms with Crippen LogP contribution in [0, 0.1) is 0 Å². The maximum atomic E-state index is 12.0. The second-order valence-corrected chi connectivity index (χ2v) is 7.15. The van der Waals surface area contributed by atoms with Crippen LogP contribution in [0.2, 0.25) is 0 Å². The maximum Gasteiger partial charge on any atom is 0.408 e. The highest BCUT2D eigenvalue weighted by molar-refractivity contribution is 5.69. The van der Waals surface area contributed by atoms with Gasteiger partial charge in [0.1, 0.15) is 5.60 Å². The van der Waals surface area contributed by atoms with E-state index in [4.69, 9.17) is 10.5 Å². The molecule has 4 heteroatoms. The summed E-state index contributed by atoms with van der Waals surface area (Å²) in [4.78, 5) is 12.0. The summed E-state index contributed by atoms with van der Waals surface area (Å²) in [6.07, 6.45) is 7.19. The lowest BCUT2D eigenvalue weighted by molar-refractivity contribution is 0.0445. The predicted octanol–water partition coefficient (Wildman–Crippen LogP) is 2.71. The monoisotopic (exact) mass is 254 g/mol. The first-order chi connectivity index (χ1) is 8.22. The van der Waals surface area contributed by atoms with E-state index in [1.807, 2.05) is 20.8 Å². The van der Waals surface area contributed by atoms with E-state index in [0.717, 1.165) is 32.1 Å². The molecule has 0 spiro atoms. The number of hydrogen-bond acceptors (Lipinski definition) is 3. The number of rotatable bonds is 3. The van der Waals surface area contributed by atoms with Crippen molar-refractivity contribution in [1.82, 2.24) is 5.32 Å². The zero-order valence-electron chi connectivity index (χ0n) is 11.8. The summed E-state index contributed by atoms with van der Waals surface area (Å²) >= 11 is 0. The first-order valence-corrected chi connectivity index (χ1v) is 7.02. The SMILES string of the molecule is CC(C)(C)OC(=O)NC1(CC2(N)CC2)CCCC1. The van der Waals surface area contributed by atoms with Gasteiger partial charge < -0.3 is 15.8 Å². The van der Waals surface area contributed by atoms with Crippen molar-refractivity contribution in [2.45, 2.75) is 82.4 Å². The molecule has 0 atom stereocenters. The summed E-state index contributed by atoms with van der Waals surface area (Å²) in [6.45, 7) is 5.66. The van der Waals surface area contributed by atoms with Gasteiger partial charge in [-0.1, -0.05) is 12.8 Å². The molecule has 0 aliphatic heterocycles. The van der Waals surface area contributed by atoms with Crippen LogP contribution in [0.15, 0.2) is 0 Å². The molecular weight excluding hydrogens is 228 g/mol. The average Bonchev–Trinajstić information content (AvgIpc) is 2.71. The molecule has 104 valence electrons. The van der Waals surface area contributed by atoms with Crippen LogP contribution in [-0.4, -0.2) is 22.8 Å². The lowest BCUT2D eigenvalue weighted by atomic mass is 9.88. The second-order valence-electron chi connectivity index (χ2n) is 7.15. The first kappa shape index (κ1) is 13.7. The van der Waals surface area contributed by atoms with Crippen molar-refractivity contribution >= 4 is 6.09 Å². The third-order valence-corrected chi connectivity index (χ3v) is 3.91. The summed E-state index contributed by atoms with van der Waals surface area (Å²) in [5.41, 5.74) is 5.64. The summed E-state index contributed by atoms with van der Waals surface area (Å²) < 4.78 is 5.37. The number of nitrogens with two attached hydrogens (primary N) is 1. The minimum absolute atomic E-state index is 0.0284. The molecular formula is C14H26N2O2. The normalized spacial score (nSPS) is 24.7. The van der Waals surface area contributed by atoms with Crippen molar-refractivity contribution in [3.05, 3.63) is 0 Å². The van der Waals surface area contributed by atoms with Gasteiger partial charge in [-0.15, -0.1) is 0 Å². The summed E-state index contributed by atoms with van der Waals surface area (Å²) in [5.74, 6) is 0. The molecule has 2 rings (SSSR count). The van der Waals surface area contributed by atoms with E-state index >= 15 is 0 Å². The second kappa shape index (κ2) is 4.41. The molecule has 1 amide bonds. The van der Waals surface area contributed by atoms with E-state index in [9.17, 15) is 4.79 Å². The Bertz CT molecular complexity index is 323. The molecule has 0 saturated heterocycles. The van der Waals surface area contributed by atoms with E-state index in [-0.39, 0.29) is 17.2 Å². The van der Waals surface area contributed by atoms with Crippen molar-refractivity contribution in [2.24, 2.45) is 5.73 Å². The van der Waals surface area contributed by atoms with Crippen LogP contribution in [-0.2, 0) is 4.74 Å². The fourth-order valence-corrected chi connectivity index (χ4v) is 2.93. The van der Waals surface area contributed by atoms with Gasteiger partial charge in [0, 0.05) is 11.1 Å². The lowest BCUT2D eigenvalue weighted by Gasteiger charge is -2.34. The van der Waals surface area contributed by atoms with Gasteiger partial charge in [0.15, 0.2) is 0 Å². The van der Waals surface area contributed by atoms with E-state index in [1.165, 1.54) is 12.8 Å². The summed E-state index contributed by atoms with van der Waals surface area (Å²) in [5, 5.41) is 3.10. The Morgan fingerprint density at radius 2 is 1.78 bits per heavy atom. The highest BCUT2D eigenvalue weighted by Gasteiger charge is 2.48. The van der Waals surface area contributed by atoms with Gasteiger partial charge in [0.25, 0.3) is 0 Å². The quantitative estimate of drug-likeness (QED) is 0.814. The highest BCUT2D eigenvalue weighted by Crippen LogP contribution is 2.45. The molecule has 4 nitrogen and oxygen atoms in total. The fourth-order valence-electron chi connectivity index (χ4n) is 2.93. The molecule has 0 heterocycles. The van der Waals surface area contributed by atoms with Crippen LogP contribution in [0.25, 0.3) is 0 Å². The van der Waals surface area contributed by atoms with Crippen molar-refractivity contribution in [3.63, 3.8) is 0 Å². The Labute approximate surface area is 110 Å². The Kier molecular flexibility index (Phi) is 3.34. The highest BCUT2D eigenvalue weighted by atomic mass is 16.6. The van der Waals surface area contributed by atoms with E-state index in [2.05, 4.69) is 5.32 Å². The maximum absolute atomic E-state index is 12.0. The van der Waals surface area contributed by atoms with Crippen molar-refractivity contribution in [1.29, 1.82) is 0 Å². The molecule has 2 saturated carbocycles. The zero-order valence-corrected chi connectivity index (χ0v) is 11.8. The number of nitrogens with one attached hydrogen (secondary N) is 1. The van der Waals surface area contributed by atoms with Crippen molar-refractivity contribution < 1.29 is 9.53 Å². The number of carbonyl (C=O) groups excluding carboxylic acids is 1. The standard InChI is InChI=1S/C14H26N2O2/c1-12(2,3)18-11(17)16-14(6-4-5-7-14)10-13(15)8-9-13/h4-10,15H2,1-3H3,(H,16,17). The molecule has 3 N–H and O–H groups in total. The smallest absolute Gasteiger partial charge is 0.408 e. The largest absolute Gasteiger partial charge is 0.444 e. The van der Waals surface area contributed by atoms with Crippen LogP contribution in [0.1, 0.15) is 65.7 Å². The third-order valence-electron chi connectivity index (χ3n) is 3.91. The number of alkyl carbamates (subject to hydrolysis) is 1.